The molecular formula is C18H17FN4O2. The van der Waals surface area contributed by atoms with E-state index in [4.69, 9.17) is 4.74 Å². The summed E-state index contributed by atoms with van der Waals surface area (Å²) in [7, 11) is 0. The highest BCUT2D eigenvalue weighted by Crippen LogP contribution is 2.20. The summed E-state index contributed by atoms with van der Waals surface area (Å²) < 4.78 is 19.9. The van der Waals surface area contributed by atoms with E-state index in [0.29, 0.717) is 11.4 Å². The highest BCUT2D eigenvalue weighted by Gasteiger charge is 2.36. The summed E-state index contributed by atoms with van der Waals surface area (Å²) in [6.07, 6.45) is 1.23. The second-order valence-corrected chi connectivity index (χ2v) is 6.01. The molecule has 1 fully saturated rings. The number of hydrogen-bond donors (Lipinski definition) is 1. The molecule has 2 unspecified atom stereocenters. The molecule has 3 aromatic rings. The number of para-hydroxylation sites is 2. The number of carbonyl (C=O) groups is 1. The molecule has 7 heteroatoms. The third kappa shape index (κ3) is 3.23. The lowest BCUT2D eigenvalue weighted by Gasteiger charge is -2.15. The van der Waals surface area contributed by atoms with Crippen molar-refractivity contribution in [3.8, 4) is 0 Å². The Morgan fingerprint density at radius 3 is 2.84 bits per heavy atom. The molecule has 3 heterocycles. The zero-order chi connectivity index (χ0) is 17.2. The largest absolute Gasteiger partial charge is 0.365 e. The second-order valence-electron chi connectivity index (χ2n) is 6.01. The van der Waals surface area contributed by atoms with Crippen molar-refractivity contribution in [2.75, 3.05) is 13.1 Å². The molecule has 0 bridgehead atoms. The summed E-state index contributed by atoms with van der Waals surface area (Å²) in [5.74, 6) is 0.437. The van der Waals surface area contributed by atoms with Gasteiger partial charge in [0.15, 0.2) is 0 Å². The maximum absolute atomic E-state index is 14.3. The van der Waals surface area contributed by atoms with Crippen molar-refractivity contribution in [2.45, 2.75) is 18.9 Å². The predicted octanol–water partition coefficient (Wildman–Crippen LogP) is 2.34. The number of aromatic nitrogens is 3. The number of carbonyl (C=O) groups excluding carboxylic acids is 1. The predicted molar refractivity (Wildman–Crippen MR) is 89.7 cm³/mol. The number of benzene rings is 1. The Morgan fingerprint density at radius 1 is 1.24 bits per heavy atom. The number of likely N-dealkylation sites (tertiary alicyclic amines) is 1. The van der Waals surface area contributed by atoms with Crippen molar-refractivity contribution < 1.29 is 13.9 Å². The van der Waals surface area contributed by atoms with Crippen LogP contribution in [-0.2, 0) is 11.3 Å². The van der Waals surface area contributed by atoms with Crippen molar-refractivity contribution >= 4 is 16.9 Å². The molecule has 1 N–H and O–H groups in total. The summed E-state index contributed by atoms with van der Waals surface area (Å²) in [5, 5.41) is 0. The van der Waals surface area contributed by atoms with Crippen molar-refractivity contribution in [3.63, 3.8) is 0 Å². The van der Waals surface area contributed by atoms with E-state index in [0.717, 1.165) is 11.0 Å². The number of pyridine rings is 1. The molecule has 1 aliphatic rings. The zero-order valence-electron chi connectivity index (χ0n) is 13.4. The first-order chi connectivity index (χ1) is 12.2. The molecule has 1 aliphatic heterocycles. The zero-order valence-corrected chi connectivity index (χ0v) is 13.4. The van der Waals surface area contributed by atoms with Crippen LogP contribution in [0.15, 0.2) is 48.8 Å². The molecule has 0 saturated carbocycles. The maximum Gasteiger partial charge on any atom is 0.254 e. The summed E-state index contributed by atoms with van der Waals surface area (Å²) in [6, 6.07) is 10.9. The third-order valence-corrected chi connectivity index (χ3v) is 4.29. The van der Waals surface area contributed by atoms with E-state index >= 15 is 0 Å². The molecule has 0 spiro atoms. The summed E-state index contributed by atoms with van der Waals surface area (Å²) in [5.41, 5.74) is 2.26. The van der Waals surface area contributed by atoms with Gasteiger partial charge in [-0.2, -0.15) is 0 Å². The number of imidazole rings is 1. The number of nitrogens with zero attached hydrogens (tertiary/aromatic N) is 3. The standard InChI is InChI=1S/C18H17FN4O2/c19-13-9-23(18(24)12-5-7-20-8-6-12)10-16(13)25-11-17-21-14-3-1-2-4-15(14)22-17/h1-8,13,16H,9-11H2,(H,21,22). The van der Waals surface area contributed by atoms with Gasteiger partial charge in [-0.25, -0.2) is 9.37 Å². The molecule has 2 atom stereocenters. The molecule has 25 heavy (non-hydrogen) atoms. The first-order valence-corrected chi connectivity index (χ1v) is 8.09. The highest BCUT2D eigenvalue weighted by molar-refractivity contribution is 5.94. The first-order valence-electron chi connectivity index (χ1n) is 8.09. The second kappa shape index (κ2) is 6.60. The monoisotopic (exact) mass is 340 g/mol. The summed E-state index contributed by atoms with van der Waals surface area (Å²) >= 11 is 0. The average molecular weight is 340 g/mol. The maximum atomic E-state index is 14.3. The Hall–Kier alpha value is -2.80. The normalized spacial score (nSPS) is 20.3. The van der Waals surface area contributed by atoms with Crippen molar-refractivity contribution in [3.05, 3.63) is 60.2 Å². The van der Waals surface area contributed by atoms with E-state index in [2.05, 4.69) is 15.0 Å². The fourth-order valence-electron chi connectivity index (χ4n) is 2.99. The summed E-state index contributed by atoms with van der Waals surface area (Å²) in [4.78, 5) is 25.3. The van der Waals surface area contributed by atoms with Gasteiger partial charge in [0.1, 0.15) is 24.7 Å². The number of alkyl halides is 1. The molecule has 2 aromatic heterocycles. The molecule has 1 amide bonds. The Balaban J connectivity index is 1.39. The lowest BCUT2D eigenvalue weighted by molar-refractivity contribution is 0.00887. The lowest BCUT2D eigenvalue weighted by atomic mass is 10.2. The van der Waals surface area contributed by atoms with E-state index < -0.39 is 12.3 Å². The molecule has 0 aliphatic carbocycles. The minimum absolute atomic E-state index is 0.0337. The van der Waals surface area contributed by atoms with Gasteiger partial charge in [-0.1, -0.05) is 12.1 Å². The van der Waals surface area contributed by atoms with Crippen LogP contribution in [0.3, 0.4) is 0 Å². The number of halogens is 1. The van der Waals surface area contributed by atoms with Gasteiger partial charge < -0.3 is 14.6 Å². The Labute approximate surface area is 143 Å². The first kappa shape index (κ1) is 15.7. The fraction of sp³-hybridized carbons (Fsp3) is 0.278. The van der Waals surface area contributed by atoms with E-state index in [1.807, 2.05) is 24.3 Å². The number of amides is 1. The van der Waals surface area contributed by atoms with Gasteiger partial charge in [0.25, 0.3) is 5.91 Å². The van der Waals surface area contributed by atoms with Gasteiger partial charge in [-0.05, 0) is 24.3 Å². The SMILES string of the molecule is O=C(c1ccncc1)N1CC(F)C(OCc2nc3ccccc3[nH]2)C1. The summed E-state index contributed by atoms with van der Waals surface area (Å²) in [6.45, 7) is 0.436. The molecule has 0 radical (unpaired) electrons. The number of aromatic amines is 1. The van der Waals surface area contributed by atoms with Crippen LogP contribution in [0.2, 0.25) is 0 Å². The molecule has 6 nitrogen and oxygen atoms in total. The molecule has 1 saturated heterocycles. The number of H-pyrrole nitrogens is 1. The van der Waals surface area contributed by atoms with E-state index in [-0.39, 0.29) is 25.6 Å². The number of ether oxygens (including phenoxy) is 1. The molecule has 4 rings (SSSR count). The Kier molecular flexibility index (Phi) is 4.15. The van der Waals surface area contributed by atoms with Crippen molar-refractivity contribution in [2.24, 2.45) is 0 Å². The third-order valence-electron chi connectivity index (χ3n) is 4.29. The Bertz CT molecular complexity index is 850. The van der Waals surface area contributed by atoms with Gasteiger partial charge >= 0.3 is 0 Å². The molecule has 128 valence electrons. The number of fused-ring (bicyclic) bond motifs is 1. The average Bonchev–Trinajstić information content (AvgIpc) is 3.23. The highest BCUT2D eigenvalue weighted by atomic mass is 19.1. The number of rotatable bonds is 4. The van der Waals surface area contributed by atoms with E-state index in [1.165, 1.54) is 4.90 Å². The van der Waals surface area contributed by atoms with Gasteiger partial charge in [0.2, 0.25) is 0 Å². The van der Waals surface area contributed by atoms with Gasteiger partial charge in [0.05, 0.1) is 24.1 Å². The number of hydrogen-bond acceptors (Lipinski definition) is 4. The molecule has 1 aromatic carbocycles. The quantitative estimate of drug-likeness (QED) is 0.791. The van der Waals surface area contributed by atoms with Crippen LogP contribution in [0, 0.1) is 0 Å². The van der Waals surface area contributed by atoms with Gasteiger partial charge in [-0.3, -0.25) is 9.78 Å². The topological polar surface area (TPSA) is 71.1 Å². The molecular weight excluding hydrogens is 323 g/mol. The lowest BCUT2D eigenvalue weighted by Crippen LogP contribution is -2.30. The minimum atomic E-state index is -1.21. The van der Waals surface area contributed by atoms with Gasteiger partial charge in [-0.15, -0.1) is 0 Å². The van der Waals surface area contributed by atoms with Crippen LogP contribution in [-0.4, -0.2) is 51.1 Å². The fourth-order valence-corrected chi connectivity index (χ4v) is 2.99. The van der Waals surface area contributed by atoms with Crippen molar-refractivity contribution in [1.29, 1.82) is 0 Å². The van der Waals surface area contributed by atoms with Crippen LogP contribution >= 0.6 is 0 Å². The number of nitrogens with one attached hydrogen (secondary N) is 1. The Morgan fingerprint density at radius 2 is 2.04 bits per heavy atom. The van der Waals surface area contributed by atoms with E-state index in [9.17, 15) is 9.18 Å². The van der Waals surface area contributed by atoms with Crippen molar-refractivity contribution in [1.82, 2.24) is 19.9 Å². The van der Waals surface area contributed by atoms with Gasteiger partial charge in [0, 0.05) is 18.0 Å². The van der Waals surface area contributed by atoms with E-state index in [1.54, 1.807) is 24.5 Å². The minimum Gasteiger partial charge on any atom is -0.365 e. The van der Waals surface area contributed by atoms with Crippen LogP contribution in [0.1, 0.15) is 16.2 Å². The van der Waals surface area contributed by atoms with Crippen LogP contribution in [0.25, 0.3) is 11.0 Å². The van der Waals surface area contributed by atoms with Crippen LogP contribution in [0.5, 0.6) is 0 Å². The smallest absolute Gasteiger partial charge is 0.254 e. The van der Waals surface area contributed by atoms with Crippen LogP contribution in [0.4, 0.5) is 4.39 Å². The van der Waals surface area contributed by atoms with Crippen LogP contribution < -0.4 is 0 Å².